The van der Waals surface area contributed by atoms with Crippen LogP contribution in [0.1, 0.15) is 26.3 Å². The Bertz CT molecular complexity index is 812. The maximum atomic E-state index is 12.5. The summed E-state index contributed by atoms with van der Waals surface area (Å²) in [5.74, 6) is -1.09. The Morgan fingerprint density at radius 1 is 1.09 bits per heavy atom. The summed E-state index contributed by atoms with van der Waals surface area (Å²) < 4.78 is 0.511. The molecule has 0 saturated heterocycles. The summed E-state index contributed by atoms with van der Waals surface area (Å²) in [5, 5.41) is 11.3. The van der Waals surface area contributed by atoms with Crippen molar-refractivity contribution in [1.82, 2.24) is 0 Å². The van der Waals surface area contributed by atoms with Gasteiger partial charge in [-0.3, -0.25) is 19.7 Å². The van der Waals surface area contributed by atoms with Crippen molar-refractivity contribution in [1.29, 1.82) is 0 Å². The Morgan fingerprint density at radius 3 is 2.14 bits per heavy atom. The van der Waals surface area contributed by atoms with Gasteiger partial charge in [-0.15, -0.1) is 0 Å². The molecule has 0 bridgehead atoms. The van der Waals surface area contributed by atoms with Crippen molar-refractivity contribution >= 4 is 39.1 Å². The third-order valence-corrected chi connectivity index (χ3v) is 3.92. The van der Waals surface area contributed by atoms with Crippen LogP contribution in [0.2, 0.25) is 0 Å². The first-order valence-electron chi connectivity index (χ1n) is 6.34. The van der Waals surface area contributed by atoms with E-state index >= 15 is 0 Å². The van der Waals surface area contributed by atoms with Gasteiger partial charge in [0.25, 0.3) is 17.5 Å². The molecule has 2 aromatic rings. The smallest absolute Gasteiger partial charge is 0.268 e. The number of nitro benzene ring substituents is 1. The van der Waals surface area contributed by atoms with Gasteiger partial charge in [-0.1, -0.05) is 28.1 Å². The van der Waals surface area contributed by atoms with Gasteiger partial charge in [0.15, 0.2) is 0 Å². The number of hydrogen-bond donors (Lipinski definition) is 0. The van der Waals surface area contributed by atoms with Crippen LogP contribution in [0, 0.1) is 17.0 Å². The Balaban J connectivity index is 2.24. The summed E-state index contributed by atoms with van der Waals surface area (Å²) in [6.07, 6.45) is 0. The largest absolute Gasteiger partial charge is 0.294 e. The maximum absolute atomic E-state index is 12.5. The van der Waals surface area contributed by atoms with Gasteiger partial charge in [-0.2, -0.15) is 0 Å². The molecular weight excluding hydrogens is 352 g/mol. The van der Waals surface area contributed by atoms with Crippen molar-refractivity contribution in [3.63, 3.8) is 0 Å². The molecule has 0 aromatic heterocycles. The highest BCUT2D eigenvalue weighted by Gasteiger charge is 2.40. The van der Waals surface area contributed by atoms with E-state index in [2.05, 4.69) is 15.9 Å². The van der Waals surface area contributed by atoms with E-state index in [9.17, 15) is 19.7 Å². The quantitative estimate of drug-likeness (QED) is 0.466. The van der Waals surface area contributed by atoms with E-state index in [4.69, 9.17) is 0 Å². The van der Waals surface area contributed by atoms with E-state index in [-0.39, 0.29) is 22.5 Å². The molecule has 110 valence electrons. The number of aryl methyl sites for hydroxylation is 1. The van der Waals surface area contributed by atoms with Crippen LogP contribution < -0.4 is 4.90 Å². The van der Waals surface area contributed by atoms with Crippen molar-refractivity contribution in [2.75, 3.05) is 4.90 Å². The third kappa shape index (κ3) is 2.01. The van der Waals surface area contributed by atoms with E-state index in [1.54, 1.807) is 25.1 Å². The topological polar surface area (TPSA) is 80.5 Å². The number of carbonyl (C=O) groups excluding carboxylic acids is 2. The lowest BCUT2D eigenvalue weighted by Crippen LogP contribution is -2.30. The van der Waals surface area contributed by atoms with Crippen LogP contribution in [0.5, 0.6) is 0 Å². The van der Waals surface area contributed by atoms with Gasteiger partial charge in [0.1, 0.15) is 5.69 Å². The molecule has 3 rings (SSSR count). The molecule has 7 heteroatoms. The molecule has 1 aliphatic rings. The van der Waals surface area contributed by atoms with Crippen LogP contribution in [0.4, 0.5) is 11.4 Å². The van der Waals surface area contributed by atoms with Crippen LogP contribution in [0.3, 0.4) is 0 Å². The molecule has 0 saturated carbocycles. The second-order valence-electron chi connectivity index (χ2n) is 4.84. The molecule has 0 N–H and O–H groups in total. The molecule has 2 amide bonds. The lowest BCUT2D eigenvalue weighted by molar-refractivity contribution is -0.384. The predicted octanol–water partition coefficient (Wildman–Crippen LogP) is 3.47. The number of rotatable bonds is 2. The second kappa shape index (κ2) is 5.03. The summed E-state index contributed by atoms with van der Waals surface area (Å²) in [4.78, 5) is 36.6. The van der Waals surface area contributed by atoms with Gasteiger partial charge < -0.3 is 0 Å². The van der Waals surface area contributed by atoms with E-state index < -0.39 is 16.7 Å². The first-order valence-corrected chi connectivity index (χ1v) is 7.13. The lowest BCUT2D eigenvalue weighted by atomic mass is 10.1. The predicted molar refractivity (Wildman–Crippen MR) is 83.1 cm³/mol. The second-order valence-corrected chi connectivity index (χ2v) is 5.75. The minimum atomic E-state index is -0.601. The average molecular weight is 361 g/mol. The minimum absolute atomic E-state index is 0.0133. The zero-order valence-electron chi connectivity index (χ0n) is 11.4. The fourth-order valence-electron chi connectivity index (χ4n) is 2.54. The summed E-state index contributed by atoms with van der Waals surface area (Å²) in [6.45, 7) is 1.62. The lowest BCUT2D eigenvalue weighted by Gasteiger charge is -2.16. The normalized spacial score (nSPS) is 13.5. The standard InChI is InChI=1S/C15H9BrN2O4/c1-8-6-9(16)7-12(18(21)22)13(8)17-14(19)10-4-2-3-5-11(10)15(17)20/h2-7H,1H3. The highest BCUT2D eigenvalue weighted by molar-refractivity contribution is 9.10. The SMILES string of the molecule is Cc1cc(Br)cc([N+](=O)[O-])c1N1C(=O)c2ccccc2C1=O. The number of imide groups is 1. The molecular formula is C15H9BrN2O4. The highest BCUT2D eigenvalue weighted by Crippen LogP contribution is 2.39. The van der Waals surface area contributed by atoms with Crippen molar-refractivity contribution in [2.24, 2.45) is 0 Å². The summed E-state index contributed by atoms with van der Waals surface area (Å²) >= 11 is 3.19. The zero-order valence-corrected chi connectivity index (χ0v) is 13.0. The number of carbonyl (C=O) groups is 2. The molecule has 2 aromatic carbocycles. The molecule has 0 fully saturated rings. The van der Waals surface area contributed by atoms with Crippen LogP contribution >= 0.6 is 15.9 Å². The van der Waals surface area contributed by atoms with Gasteiger partial charge in [-0.05, 0) is 30.7 Å². The molecule has 0 spiro atoms. The molecule has 0 radical (unpaired) electrons. The number of anilines is 1. The minimum Gasteiger partial charge on any atom is -0.268 e. The number of fused-ring (bicyclic) bond motifs is 1. The van der Waals surface area contributed by atoms with Gasteiger partial charge >= 0.3 is 0 Å². The Kier molecular flexibility index (Phi) is 3.29. The third-order valence-electron chi connectivity index (χ3n) is 3.46. The van der Waals surface area contributed by atoms with Crippen molar-refractivity contribution < 1.29 is 14.5 Å². The van der Waals surface area contributed by atoms with E-state index in [0.717, 1.165) is 4.90 Å². The fraction of sp³-hybridized carbons (Fsp3) is 0.0667. The average Bonchev–Trinajstić information content (AvgIpc) is 2.71. The molecule has 6 nitrogen and oxygen atoms in total. The number of benzene rings is 2. The molecule has 22 heavy (non-hydrogen) atoms. The van der Waals surface area contributed by atoms with Crippen LogP contribution in [0.15, 0.2) is 40.9 Å². The summed E-state index contributed by atoms with van der Waals surface area (Å²) in [7, 11) is 0. The maximum Gasteiger partial charge on any atom is 0.294 e. The Labute approximate surface area is 133 Å². The number of nitro groups is 1. The molecule has 0 aliphatic carbocycles. The van der Waals surface area contributed by atoms with Gasteiger partial charge in [0.2, 0.25) is 0 Å². The number of nitrogens with zero attached hydrogens (tertiary/aromatic N) is 2. The first kappa shape index (κ1) is 14.4. The van der Waals surface area contributed by atoms with Crippen LogP contribution in [-0.4, -0.2) is 16.7 Å². The Morgan fingerprint density at radius 2 is 1.64 bits per heavy atom. The number of hydrogen-bond acceptors (Lipinski definition) is 4. The van der Waals surface area contributed by atoms with E-state index in [0.29, 0.717) is 10.0 Å². The van der Waals surface area contributed by atoms with Gasteiger partial charge in [-0.25, -0.2) is 4.90 Å². The number of halogens is 1. The van der Waals surface area contributed by atoms with Gasteiger partial charge in [0.05, 0.1) is 16.1 Å². The monoisotopic (exact) mass is 360 g/mol. The van der Waals surface area contributed by atoms with E-state index in [1.165, 1.54) is 18.2 Å². The van der Waals surface area contributed by atoms with E-state index in [1.807, 2.05) is 0 Å². The summed E-state index contributed by atoms with van der Waals surface area (Å²) in [6, 6.07) is 9.29. The molecule has 0 atom stereocenters. The molecule has 1 heterocycles. The Hall–Kier alpha value is -2.54. The van der Waals surface area contributed by atoms with Crippen molar-refractivity contribution in [2.45, 2.75) is 6.92 Å². The first-order chi connectivity index (χ1) is 10.4. The molecule has 1 aliphatic heterocycles. The van der Waals surface area contributed by atoms with Crippen LogP contribution in [0.25, 0.3) is 0 Å². The highest BCUT2D eigenvalue weighted by atomic mass is 79.9. The molecule has 0 unspecified atom stereocenters. The fourth-order valence-corrected chi connectivity index (χ4v) is 3.10. The van der Waals surface area contributed by atoms with Crippen molar-refractivity contribution in [3.05, 3.63) is 67.7 Å². The summed E-state index contributed by atoms with van der Waals surface area (Å²) in [5.41, 5.74) is 0.699. The zero-order chi connectivity index (χ0) is 16.0. The number of amides is 2. The van der Waals surface area contributed by atoms with Crippen LogP contribution in [-0.2, 0) is 0 Å². The van der Waals surface area contributed by atoms with Crippen molar-refractivity contribution in [3.8, 4) is 0 Å². The van der Waals surface area contributed by atoms with Gasteiger partial charge in [0, 0.05) is 10.5 Å².